The summed E-state index contributed by atoms with van der Waals surface area (Å²) in [7, 11) is 0. The van der Waals surface area contributed by atoms with Crippen LogP contribution < -0.4 is 14.7 Å². The predicted molar refractivity (Wildman–Crippen MR) is 410 cm³/mol. The van der Waals surface area contributed by atoms with Gasteiger partial charge in [-0.15, -0.1) is 0 Å². The van der Waals surface area contributed by atoms with Gasteiger partial charge in [-0.05, 0) is 233 Å². The number of carbonyl (C=O) groups is 3. The van der Waals surface area contributed by atoms with E-state index in [9.17, 15) is 27.6 Å². The van der Waals surface area contributed by atoms with Gasteiger partial charge in [0.2, 0.25) is 5.95 Å². The van der Waals surface area contributed by atoms with E-state index >= 15 is 0 Å². The molecule has 0 atom stereocenters. The highest BCUT2D eigenvalue weighted by Crippen LogP contribution is 2.51. The molecule has 0 aliphatic carbocycles. The molecular weight excluding hydrogens is 1430 g/mol. The van der Waals surface area contributed by atoms with E-state index in [-0.39, 0.29) is 50.8 Å². The van der Waals surface area contributed by atoms with Gasteiger partial charge in [0.25, 0.3) is 17.7 Å². The van der Waals surface area contributed by atoms with Crippen molar-refractivity contribution in [3.05, 3.63) is 298 Å². The third-order valence-electron chi connectivity index (χ3n) is 20.8. The van der Waals surface area contributed by atoms with Crippen LogP contribution in [-0.4, -0.2) is 126 Å². The van der Waals surface area contributed by atoms with Gasteiger partial charge in [-0.25, -0.2) is 23.7 Å². The minimum Gasteiger partial charge on any atom is -0.307 e. The smallest absolute Gasteiger partial charge is 0.258 e. The maximum absolute atomic E-state index is 14.3. The maximum atomic E-state index is 14.3. The lowest BCUT2D eigenvalue weighted by atomic mass is 9.74. The Bertz CT molecular complexity index is 4490. The molecule has 15 rings (SSSR count). The number of hydrogen-bond donors (Lipinski definition) is 0. The molecule has 3 fully saturated rings. The fourth-order valence-electron chi connectivity index (χ4n) is 15.3. The maximum Gasteiger partial charge on any atom is 0.258 e. The molecule has 0 saturated carbocycles. The zero-order valence-electron chi connectivity index (χ0n) is 56.6. The SMILES string of the molecule is Cc1ccc(/C=C/CN2CCC3(CC2)CN(C(=O)c2ccnc(Cl)c2)c2ccc(F)cc23)cc1.O=C(c1ccnc(Cl)c1)N1CC2(CCN(C/C=C/c3cc(F)cc(Cl)c3)CC2)c2cc(Cl)ccc21.O=C(c1ccnc(F)c1)N1CC2(CCN(C/C=C/c3ccc(Cl)cc3)CC2)c2cc(Cl)ccc21. The van der Waals surface area contributed by atoms with Gasteiger partial charge in [0, 0.05) is 134 Å². The number of aryl methyl sites for hydroxylation is 1. The number of fused-ring (bicyclic) bond motifs is 6. The van der Waals surface area contributed by atoms with Crippen molar-refractivity contribution >= 4 is 123 Å². The molecule has 0 radical (unpaired) electrons. The second-order valence-corrected chi connectivity index (χ2v) is 29.9. The highest BCUT2D eigenvalue weighted by Gasteiger charge is 2.50. The molecule has 3 spiro atoms. The molecule has 6 aliphatic heterocycles. The number of amides is 3. The first-order valence-electron chi connectivity index (χ1n) is 34.4. The molecular formula is C82H74Cl6F3N9O3. The van der Waals surface area contributed by atoms with Crippen molar-refractivity contribution < 1.29 is 27.6 Å². The molecule has 9 heterocycles. The Hall–Kier alpha value is -8.19. The number of halogens is 9. The summed E-state index contributed by atoms with van der Waals surface area (Å²) < 4.78 is 41.5. The Morgan fingerprint density at radius 2 is 0.767 bits per heavy atom. The predicted octanol–water partition coefficient (Wildman–Crippen LogP) is 19.0. The van der Waals surface area contributed by atoms with E-state index in [2.05, 4.69) is 85.1 Å². The molecule has 3 aromatic heterocycles. The number of hydrogen-bond acceptors (Lipinski definition) is 9. The van der Waals surface area contributed by atoms with Crippen LogP contribution in [0.15, 0.2) is 195 Å². The van der Waals surface area contributed by atoms with E-state index in [0.29, 0.717) is 56.5 Å². The molecule has 103 heavy (non-hydrogen) atoms. The standard InChI is InChI=1S/C28H27ClFN3O.C27H23Cl3FN3O.C27H24Cl2FN3O/c1-20-4-6-21(7-5-20)3-2-14-32-15-11-28(12-16-32)19-33(25-9-8-23(30)18-24(25)28)27(34)22-10-13-31-26(29)17-22;28-20-3-4-24-23(16-20)27(17-34(24)26(35)19-5-8-32-25(30)14-19)6-10-33(11-7-27)9-1-2-18-12-21(29)15-22(31)13-18;28-21-5-3-19(4-6-21)2-1-13-32-14-10-27(11-15-32)18-33(24-8-7-22(29)17-23(24)27)26(34)20-9-12-31-25(30)16-20/h2-10,13,17-18H,11-12,14-16,19H2,1H3;1-5,8,12-16H,6-7,9-11,17H2;1-9,12,16-17H,10-11,13-15,18H2/b3-2+;2*2-1+. The minimum atomic E-state index is -0.656. The zero-order valence-corrected chi connectivity index (χ0v) is 61.1. The number of piperidine rings is 3. The Morgan fingerprint density at radius 3 is 1.18 bits per heavy atom. The molecule has 12 nitrogen and oxygen atoms in total. The summed E-state index contributed by atoms with van der Waals surface area (Å²) in [4.78, 5) is 64.2. The second kappa shape index (κ2) is 32.0. The molecule has 0 N–H and O–H groups in total. The molecule has 21 heteroatoms. The van der Waals surface area contributed by atoms with Gasteiger partial charge in [-0.3, -0.25) is 29.1 Å². The Balaban J connectivity index is 0.000000138. The highest BCUT2D eigenvalue weighted by molar-refractivity contribution is 6.32. The van der Waals surface area contributed by atoms with Crippen molar-refractivity contribution in [3.63, 3.8) is 0 Å². The third kappa shape index (κ3) is 17.0. The molecule has 0 unspecified atom stereocenters. The number of nitrogens with zero attached hydrogens (tertiary/aromatic N) is 9. The summed E-state index contributed by atoms with van der Waals surface area (Å²) in [5.74, 6) is -1.69. The van der Waals surface area contributed by atoms with Gasteiger partial charge < -0.3 is 14.7 Å². The van der Waals surface area contributed by atoms with Crippen LogP contribution in [0.5, 0.6) is 0 Å². The van der Waals surface area contributed by atoms with Crippen molar-refractivity contribution in [1.29, 1.82) is 0 Å². The quantitative estimate of drug-likeness (QED) is 0.110. The van der Waals surface area contributed by atoms with Crippen LogP contribution in [0.1, 0.15) is 109 Å². The Kier molecular flexibility index (Phi) is 22.7. The third-order valence-corrected chi connectivity index (χ3v) is 22.1. The molecule has 528 valence electrons. The lowest BCUT2D eigenvalue weighted by molar-refractivity contribution is 0.0970. The van der Waals surface area contributed by atoms with Gasteiger partial charge in [0.1, 0.15) is 21.9 Å². The monoisotopic (exact) mass is 1500 g/mol. The van der Waals surface area contributed by atoms with Crippen molar-refractivity contribution in [2.24, 2.45) is 0 Å². The van der Waals surface area contributed by atoms with Gasteiger partial charge in [0.05, 0.1) is 0 Å². The van der Waals surface area contributed by atoms with E-state index in [0.717, 1.165) is 147 Å². The van der Waals surface area contributed by atoms with Crippen LogP contribution in [0.25, 0.3) is 18.2 Å². The molecule has 9 aromatic rings. The number of anilines is 3. The molecule has 3 saturated heterocycles. The molecule has 6 aliphatic rings. The van der Waals surface area contributed by atoms with Gasteiger partial charge in [-0.1, -0.05) is 148 Å². The van der Waals surface area contributed by atoms with Gasteiger partial charge in [0.15, 0.2) is 0 Å². The first-order chi connectivity index (χ1) is 49.7. The first-order valence-corrected chi connectivity index (χ1v) is 36.6. The molecule has 6 aromatic carbocycles. The van der Waals surface area contributed by atoms with E-state index in [1.165, 1.54) is 47.8 Å². The fourth-order valence-corrected chi connectivity index (χ4v) is 16.3. The lowest BCUT2D eigenvalue weighted by Crippen LogP contribution is -2.46. The number of carbonyl (C=O) groups excluding carboxylic acids is 3. The highest BCUT2D eigenvalue weighted by atomic mass is 35.5. The largest absolute Gasteiger partial charge is 0.307 e. The van der Waals surface area contributed by atoms with Crippen molar-refractivity contribution in [3.8, 4) is 0 Å². The molecule has 3 amide bonds. The number of pyridine rings is 3. The van der Waals surface area contributed by atoms with Crippen LogP contribution in [0.4, 0.5) is 30.2 Å². The number of rotatable bonds is 12. The van der Waals surface area contributed by atoms with Crippen LogP contribution in [0.3, 0.4) is 0 Å². The van der Waals surface area contributed by atoms with Crippen LogP contribution in [-0.2, 0) is 16.2 Å². The number of likely N-dealkylation sites (tertiary alicyclic amines) is 3. The van der Waals surface area contributed by atoms with E-state index in [1.807, 2.05) is 77.7 Å². The number of benzene rings is 6. The average molecular weight is 1500 g/mol. The summed E-state index contributed by atoms with van der Waals surface area (Å²) in [6.07, 6.45) is 22.4. The van der Waals surface area contributed by atoms with Gasteiger partial charge >= 0.3 is 0 Å². The average Bonchev–Trinajstić information content (AvgIpc) is 1.61. The fraction of sp³-hybridized carbons (Fsp3) is 0.268. The van der Waals surface area contributed by atoms with Crippen LogP contribution in [0.2, 0.25) is 30.4 Å². The summed E-state index contributed by atoms with van der Waals surface area (Å²) in [6, 6.07) is 46.4. The topological polar surface area (TPSA) is 109 Å². The molecule has 0 bridgehead atoms. The normalized spacial score (nSPS) is 17.4. The van der Waals surface area contributed by atoms with Crippen LogP contribution in [0, 0.1) is 24.5 Å². The first kappa shape index (κ1) is 73.1. The van der Waals surface area contributed by atoms with E-state index < -0.39 is 5.95 Å². The van der Waals surface area contributed by atoms with Crippen LogP contribution >= 0.6 is 69.6 Å². The second-order valence-electron chi connectivity index (χ2n) is 27.4. The van der Waals surface area contributed by atoms with E-state index in [1.54, 1.807) is 64.5 Å². The number of aromatic nitrogens is 3. The van der Waals surface area contributed by atoms with E-state index in [4.69, 9.17) is 69.6 Å². The zero-order chi connectivity index (χ0) is 72.0. The summed E-state index contributed by atoms with van der Waals surface area (Å²) in [5, 5.41) is 3.03. The summed E-state index contributed by atoms with van der Waals surface area (Å²) in [6.45, 7) is 11.7. The summed E-state index contributed by atoms with van der Waals surface area (Å²) in [5.41, 5.74) is 10.8. The Labute approximate surface area is 628 Å². The van der Waals surface area contributed by atoms with Crippen molar-refractivity contribution in [2.75, 3.05) is 93.2 Å². The van der Waals surface area contributed by atoms with Gasteiger partial charge in [-0.2, -0.15) is 4.39 Å². The lowest BCUT2D eigenvalue weighted by Gasteiger charge is -2.39. The minimum absolute atomic E-state index is 0.0890. The van der Waals surface area contributed by atoms with Crippen molar-refractivity contribution in [1.82, 2.24) is 29.7 Å². The Morgan fingerprint density at radius 1 is 0.388 bits per heavy atom. The summed E-state index contributed by atoms with van der Waals surface area (Å²) >= 11 is 36.7. The van der Waals surface area contributed by atoms with Crippen molar-refractivity contribution in [2.45, 2.75) is 61.7 Å².